The average molecular weight is 292 g/mol. The first-order chi connectivity index (χ1) is 10.7. The first-order valence-corrected chi connectivity index (χ1v) is 7.14. The first-order valence-electron chi connectivity index (χ1n) is 7.14. The van der Waals surface area contributed by atoms with Gasteiger partial charge in [0.2, 0.25) is 5.75 Å². The SMILES string of the molecule is Oc1ccc2c(c1O)OC1Oc3ccc4ccccc4c3C21. The summed E-state index contributed by atoms with van der Waals surface area (Å²) >= 11 is 0. The van der Waals surface area contributed by atoms with Gasteiger partial charge in [-0.05, 0) is 22.9 Å². The highest BCUT2D eigenvalue weighted by Crippen LogP contribution is 2.56. The summed E-state index contributed by atoms with van der Waals surface area (Å²) in [7, 11) is 0. The Morgan fingerprint density at radius 3 is 2.64 bits per heavy atom. The zero-order valence-electron chi connectivity index (χ0n) is 11.5. The molecule has 2 aliphatic heterocycles. The van der Waals surface area contributed by atoms with Gasteiger partial charge in [0.05, 0.1) is 5.92 Å². The van der Waals surface area contributed by atoms with E-state index in [-0.39, 0.29) is 17.4 Å². The Bertz CT molecular complexity index is 932. The summed E-state index contributed by atoms with van der Waals surface area (Å²) in [5.74, 6) is 0.622. The van der Waals surface area contributed by atoms with E-state index in [0.29, 0.717) is 5.75 Å². The van der Waals surface area contributed by atoms with Crippen LogP contribution in [-0.2, 0) is 0 Å². The summed E-state index contributed by atoms with van der Waals surface area (Å²) in [6.07, 6.45) is -0.497. The fourth-order valence-electron chi connectivity index (χ4n) is 3.48. The lowest BCUT2D eigenvalue weighted by Gasteiger charge is -2.10. The van der Waals surface area contributed by atoms with Gasteiger partial charge in [0.25, 0.3) is 6.29 Å². The molecule has 0 aromatic heterocycles. The second-order valence-electron chi connectivity index (χ2n) is 5.63. The molecule has 3 aromatic rings. The normalized spacial score (nSPS) is 20.9. The third kappa shape index (κ3) is 1.32. The van der Waals surface area contributed by atoms with Crippen molar-refractivity contribution in [3.05, 3.63) is 59.7 Å². The summed E-state index contributed by atoms with van der Waals surface area (Å²) < 4.78 is 11.6. The van der Waals surface area contributed by atoms with E-state index in [4.69, 9.17) is 9.47 Å². The van der Waals surface area contributed by atoms with Crippen LogP contribution in [0.2, 0.25) is 0 Å². The summed E-state index contributed by atoms with van der Waals surface area (Å²) in [5, 5.41) is 21.9. The Morgan fingerprint density at radius 1 is 0.864 bits per heavy atom. The molecule has 0 saturated heterocycles. The number of hydrogen-bond donors (Lipinski definition) is 2. The van der Waals surface area contributed by atoms with Gasteiger partial charge >= 0.3 is 0 Å². The van der Waals surface area contributed by atoms with E-state index in [1.807, 2.05) is 24.3 Å². The fraction of sp³-hybridized carbons (Fsp3) is 0.111. The number of hydrogen-bond acceptors (Lipinski definition) is 4. The fourth-order valence-corrected chi connectivity index (χ4v) is 3.48. The third-order valence-electron chi connectivity index (χ3n) is 4.47. The van der Waals surface area contributed by atoms with Gasteiger partial charge in [-0.3, -0.25) is 0 Å². The van der Waals surface area contributed by atoms with E-state index in [1.54, 1.807) is 6.07 Å². The average Bonchev–Trinajstić information content (AvgIpc) is 3.07. The number of fused-ring (bicyclic) bond motifs is 7. The van der Waals surface area contributed by atoms with Gasteiger partial charge in [-0.1, -0.05) is 36.4 Å². The monoisotopic (exact) mass is 292 g/mol. The highest BCUT2D eigenvalue weighted by atomic mass is 16.7. The Hall–Kier alpha value is -2.88. The smallest absolute Gasteiger partial charge is 0.252 e. The van der Waals surface area contributed by atoms with Crippen LogP contribution in [0.25, 0.3) is 10.8 Å². The van der Waals surface area contributed by atoms with Crippen LogP contribution in [-0.4, -0.2) is 16.5 Å². The molecule has 0 amide bonds. The zero-order chi connectivity index (χ0) is 14.8. The minimum absolute atomic E-state index is 0.0948. The second kappa shape index (κ2) is 3.85. The van der Waals surface area contributed by atoms with Gasteiger partial charge in [0, 0.05) is 11.1 Å². The van der Waals surface area contributed by atoms with Gasteiger partial charge < -0.3 is 19.7 Å². The van der Waals surface area contributed by atoms with E-state index in [1.165, 1.54) is 6.07 Å². The molecule has 3 aromatic carbocycles. The Kier molecular flexibility index (Phi) is 2.06. The van der Waals surface area contributed by atoms with Crippen molar-refractivity contribution in [2.45, 2.75) is 12.2 Å². The van der Waals surface area contributed by atoms with Crippen molar-refractivity contribution < 1.29 is 19.7 Å². The van der Waals surface area contributed by atoms with Crippen molar-refractivity contribution in [1.29, 1.82) is 0 Å². The molecule has 108 valence electrons. The molecule has 2 atom stereocenters. The Morgan fingerprint density at radius 2 is 1.73 bits per heavy atom. The van der Waals surface area contributed by atoms with Crippen LogP contribution in [0.4, 0.5) is 0 Å². The number of phenolic OH excluding ortho intramolecular Hbond substituents is 2. The molecule has 0 saturated carbocycles. The van der Waals surface area contributed by atoms with Crippen molar-refractivity contribution >= 4 is 10.8 Å². The van der Waals surface area contributed by atoms with Crippen LogP contribution in [0.1, 0.15) is 17.0 Å². The largest absolute Gasteiger partial charge is 0.504 e. The minimum Gasteiger partial charge on any atom is -0.504 e. The van der Waals surface area contributed by atoms with Gasteiger partial charge in [-0.15, -0.1) is 0 Å². The van der Waals surface area contributed by atoms with Crippen molar-refractivity contribution in [3.8, 4) is 23.0 Å². The first kappa shape index (κ1) is 11.7. The molecule has 2 aliphatic rings. The molecule has 0 fully saturated rings. The highest BCUT2D eigenvalue weighted by molar-refractivity contribution is 5.90. The topological polar surface area (TPSA) is 58.9 Å². The van der Waals surface area contributed by atoms with Crippen LogP contribution in [0.5, 0.6) is 23.0 Å². The van der Waals surface area contributed by atoms with Crippen LogP contribution in [0.15, 0.2) is 48.5 Å². The lowest BCUT2D eigenvalue weighted by atomic mass is 9.89. The quantitative estimate of drug-likeness (QED) is 0.623. The lowest BCUT2D eigenvalue weighted by molar-refractivity contribution is 0.0312. The molecular weight excluding hydrogens is 280 g/mol. The van der Waals surface area contributed by atoms with Gasteiger partial charge in [-0.2, -0.15) is 0 Å². The van der Waals surface area contributed by atoms with E-state index in [2.05, 4.69) is 12.1 Å². The lowest BCUT2D eigenvalue weighted by Crippen LogP contribution is -2.19. The van der Waals surface area contributed by atoms with Gasteiger partial charge in [0.15, 0.2) is 11.5 Å². The maximum atomic E-state index is 10.0. The molecule has 2 unspecified atom stereocenters. The summed E-state index contributed by atoms with van der Waals surface area (Å²) in [6.45, 7) is 0. The molecule has 0 bridgehead atoms. The summed E-state index contributed by atoms with van der Waals surface area (Å²) in [4.78, 5) is 0. The molecule has 2 heterocycles. The highest BCUT2D eigenvalue weighted by Gasteiger charge is 2.46. The molecule has 0 spiro atoms. The maximum Gasteiger partial charge on any atom is 0.252 e. The van der Waals surface area contributed by atoms with Crippen molar-refractivity contribution in [1.82, 2.24) is 0 Å². The van der Waals surface area contributed by atoms with E-state index in [0.717, 1.165) is 27.6 Å². The van der Waals surface area contributed by atoms with E-state index >= 15 is 0 Å². The number of phenols is 2. The van der Waals surface area contributed by atoms with Crippen LogP contribution in [0, 0.1) is 0 Å². The van der Waals surface area contributed by atoms with Crippen LogP contribution >= 0.6 is 0 Å². The van der Waals surface area contributed by atoms with Crippen LogP contribution in [0.3, 0.4) is 0 Å². The molecular formula is C18H12O4. The number of benzene rings is 3. The van der Waals surface area contributed by atoms with E-state index in [9.17, 15) is 10.2 Å². The predicted molar refractivity (Wildman–Crippen MR) is 80.6 cm³/mol. The molecule has 22 heavy (non-hydrogen) atoms. The Labute approximate surface area is 126 Å². The third-order valence-corrected chi connectivity index (χ3v) is 4.47. The van der Waals surface area contributed by atoms with Crippen molar-refractivity contribution in [3.63, 3.8) is 0 Å². The molecule has 0 radical (unpaired) electrons. The van der Waals surface area contributed by atoms with Crippen molar-refractivity contribution in [2.75, 3.05) is 0 Å². The number of rotatable bonds is 0. The minimum atomic E-state index is -0.497. The van der Waals surface area contributed by atoms with Gasteiger partial charge in [0.1, 0.15) is 5.75 Å². The second-order valence-corrected chi connectivity index (χ2v) is 5.63. The maximum absolute atomic E-state index is 10.0. The van der Waals surface area contributed by atoms with Crippen LogP contribution < -0.4 is 9.47 Å². The number of ether oxygens (including phenoxy) is 2. The predicted octanol–water partition coefficient (Wildman–Crippen LogP) is 3.49. The van der Waals surface area contributed by atoms with E-state index < -0.39 is 6.29 Å². The molecule has 2 N–H and O–H groups in total. The molecule has 0 aliphatic carbocycles. The van der Waals surface area contributed by atoms with Crippen molar-refractivity contribution in [2.24, 2.45) is 0 Å². The molecule has 4 nitrogen and oxygen atoms in total. The molecule has 5 rings (SSSR count). The summed E-state index contributed by atoms with van der Waals surface area (Å²) in [6, 6.07) is 15.4. The molecule has 4 heteroatoms. The zero-order valence-corrected chi connectivity index (χ0v) is 11.5. The standard InChI is InChI=1S/C18H12O4/c19-12-7-6-11-15-14-10-4-2-1-3-9(10)5-8-13(14)21-18(15)22-17(11)16(12)20/h1-8,15,18-20H. The summed E-state index contributed by atoms with van der Waals surface area (Å²) in [5.41, 5.74) is 1.92. The Balaban J connectivity index is 1.81. The van der Waals surface area contributed by atoms with Gasteiger partial charge in [-0.25, -0.2) is 0 Å². The number of aromatic hydroxyl groups is 2.